The highest BCUT2D eigenvalue weighted by Gasteiger charge is 2.40. The van der Waals surface area contributed by atoms with Gasteiger partial charge in [-0.25, -0.2) is 0 Å². The SMILES string of the molecule is Cc1c(C(=O)N2CCOC(C)(C(N)=O)C2)c2ccccc2n1C. The highest BCUT2D eigenvalue weighted by Crippen LogP contribution is 2.27. The molecule has 6 heteroatoms. The van der Waals surface area contributed by atoms with Gasteiger partial charge in [0.25, 0.3) is 11.8 Å². The van der Waals surface area contributed by atoms with Crippen LogP contribution in [0.25, 0.3) is 10.9 Å². The zero-order valence-electron chi connectivity index (χ0n) is 13.6. The molecule has 2 amide bonds. The molecule has 1 saturated heterocycles. The van der Waals surface area contributed by atoms with E-state index in [0.29, 0.717) is 18.7 Å². The molecule has 0 aliphatic carbocycles. The number of carbonyl (C=O) groups is 2. The van der Waals surface area contributed by atoms with Crippen LogP contribution in [-0.4, -0.2) is 46.6 Å². The Kier molecular flexibility index (Phi) is 3.64. The quantitative estimate of drug-likeness (QED) is 0.904. The Labute approximate surface area is 134 Å². The van der Waals surface area contributed by atoms with Crippen LogP contribution >= 0.6 is 0 Å². The number of nitrogens with two attached hydrogens (primary N) is 1. The lowest BCUT2D eigenvalue weighted by Gasteiger charge is -2.38. The van der Waals surface area contributed by atoms with Gasteiger partial charge in [0.2, 0.25) is 0 Å². The lowest BCUT2D eigenvalue weighted by Crippen LogP contribution is -2.58. The van der Waals surface area contributed by atoms with Gasteiger partial charge in [0, 0.05) is 30.2 Å². The van der Waals surface area contributed by atoms with E-state index in [2.05, 4.69) is 0 Å². The van der Waals surface area contributed by atoms with Gasteiger partial charge in [-0.3, -0.25) is 9.59 Å². The molecule has 2 heterocycles. The summed E-state index contributed by atoms with van der Waals surface area (Å²) in [6.07, 6.45) is 0. The second-order valence-corrected chi connectivity index (χ2v) is 6.21. The molecule has 1 unspecified atom stereocenters. The number of amides is 2. The van der Waals surface area contributed by atoms with Crippen molar-refractivity contribution in [2.24, 2.45) is 12.8 Å². The molecule has 0 bridgehead atoms. The molecule has 1 aromatic heterocycles. The second kappa shape index (κ2) is 5.38. The molecule has 1 aromatic carbocycles. The molecule has 122 valence electrons. The van der Waals surface area contributed by atoms with Gasteiger partial charge in [-0.1, -0.05) is 18.2 Å². The lowest BCUT2D eigenvalue weighted by atomic mass is 10.0. The molecule has 0 saturated carbocycles. The number of carbonyl (C=O) groups excluding carboxylic acids is 2. The summed E-state index contributed by atoms with van der Waals surface area (Å²) in [4.78, 5) is 26.3. The Morgan fingerprint density at radius 1 is 1.30 bits per heavy atom. The number of aromatic nitrogens is 1. The number of morpholine rings is 1. The van der Waals surface area contributed by atoms with Crippen LogP contribution in [0.15, 0.2) is 24.3 Å². The van der Waals surface area contributed by atoms with Gasteiger partial charge in [0.05, 0.1) is 18.7 Å². The molecular formula is C17H21N3O3. The number of hydrogen-bond acceptors (Lipinski definition) is 3. The van der Waals surface area contributed by atoms with Gasteiger partial charge in [0.1, 0.15) is 0 Å². The number of primary amides is 1. The Morgan fingerprint density at radius 3 is 2.70 bits per heavy atom. The summed E-state index contributed by atoms with van der Waals surface area (Å²) in [7, 11) is 1.95. The molecule has 0 radical (unpaired) electrons. The first-order valence-corrected chi connectivity index (χ1v) is 7.62. The molecule has 1 atom stereocenters. The van der Waals surface area contributed by atoms with E-state index >= 15 is 0 Å². The van der Waals surface area contributed by atoms with Crippen molar-refractivity contribution >= 4 is 22.7 Å². The van der Waals surface area contributed by atoms with Crippen molar-refractivity contribution < 1.29 is 14.3 Å². The Hall–Kier alpha value is -2.34. The number of para-hydroxylation sites is 1. The van der Waals surface area contributed by atoms with Crippen LogP contribution in [0.2, 0.25) is 0 Å². The highest BCUT2D eigenvalue weighted by atomic mass is 16.5. The van der Waals surface area contributed by atoms with E-state index < -0.39 is 11.5 Å². The van der Waals surface area contributed by atoms with Crippen molar-refractivity contribution in [1.29, 1.82) is 0 Å². The molecule has 1 aliphatic rings. The van der Waals surface area contributed by atoms with E-state index in [0.717, 1.165) is 16.6 Å². The fourth-order valence-corrected chi connectivity index (χ4v) is 3.14. The summed E-state index contributed by atoms with van der Waals surface area (Å²) in [5, 5.41) is 0.921. The molecule has 1 aliphatic heterocycles. The van der Waals surface area contributed by atoms with Crippen molar-refractivity contribution in [2.75, 3.05) is 19.7 Å². The smallest absolute Gasteiger partial charge is 0.256 e. The molecule has 2 N–H and O–H groups in total. The first kappa shape index (κ1) is 15.6. The van der Waals surface area contributed by atoms with E-state index in [1.807, 2.05) is 42.8 Å². The zero-order chi connectivity index (χ0) is 16.8. The van der Waals surface area contributed by atoms with Gasteiger partial charge < -0.3 is 19.9 Å². The van der Waals surface area contributed by atoms with Crippen molar-refractivity contribution in [3.63, 3.8) is 0 Å². The molecular weight excluding hydrogens is 294 g/mol. The average molecular weight is 315 g/mol. The van der Waals surface area contributed by atoms with Crippen molar-refractivity contribution in [2.45, 2.75) is 19.4 Å². The molecule has 1 fully saturated rings. The maximum Gasteiger partial charge on any atom is 0.256 e. The number of hydrogen-bond donors (Lipinski definition) is 1. The Morgan fingerprint density at radius 2 is 2.00 bits per heavy atom. The maximum absolute atomic E-state index is 13.1. The fourth-order valence-electron chi connectivity index (χ4n) is 3.14. The summed E-state index contributed by atoms with van der Waals surface area (Å²) in [6, 6.07) is 7.82. The van der Waals surface area contributed by atoms with Gasteiger partial charge >= 0.3 is 0 Å². The van der Waals surface area contributed by atoms with Gasteiger partial charge in [-0.2, -0.15) is 0 Å². The minimum absolute atomic E-state index is 0.0879. The van der Waals surface area contributed by atoms with Crippen LogP contribution in [0.5, 0.6) is 0 Å². The average Bonchev–Trinajstić information content (AvgIpc) is 2.79. The van der Waals surface area contributed by atoms with Crippen molar-refractivity contribution in [3.05, 3.63) is 35.5 Å². The largest absolute Gasteiger partial charge is 0.367 e. The van der Waals surface area contributed by atoms with E-state index in [9.17, 15) is 9.59 Å². The Balaban J connectivity index is 2.01. The number of fused-ring (bicyclic) bond motifs is 1. The number of nitrogens with zero attached hydrogens (tertiary/aromatic N) is 2. The third-order valence-electron chi connectivity index (χ3n) is 4.70. The summed E-state index contributed by atoms with van der Waals surface area (Å²) in [6.45, 7) is 4.48. The number of ether oxygens (including phenoxy) is 1. The Bertz CT molecular complexity index is 796. The minimum Gasteiger partial charge on any atom is -0.367 e. The number of rotatable bonds is 2. The zero-order valence-corrected chi connectivity index (χ0v) is 13.6. The van der Waals surface area contributed by atoms with E-state index in [-0.39, 0.29) is 12.5 Å². The van der Waals surface area contributed by atoms with Crippen LogP contribution < -0.4 is 5.73 Å². The fraction of sp³-hybridized carbons (Fsp3) is 0.412. The molecule has 23 heavy (non-hydrogen) atoms. The van der Waals surface area contributed by atoms with Crippen LogP contribution in [0, 0.1) is 6.92 Å². The van der Waals surface area contributed by atoms with Crippen LogP contribution in [-0.2, 0) is 16.6 Å². The first-order chi connectivity index (χ1) is 10.8. The van der Waals surface area contributed by atoms with Gasteiger partial charge in [-0.15, -0.1) is 0 Å². The van der Waals surface area contributed by atoms with Crippen LogP contribution in [0.1, 0.15) is 23.0 Å². The van der Waals surface area contributed by atoms with Crippen molar-refractivity contribution in [1.82, 2.24) is 9.47 Å². The summed E-state index contributed by atoms with van der Waals surface area (Å²) < 4.78 is 7.50. The number of benzene rings is 1. The topological polar surface area (TPSA) is 77.6 Å². The third-order valence-corrected chi connectivity index (χ3v) is 4.70. The predicted octanol–water partition coefficient (Wildman–Crippen LogP) is 1.20. The van der Waals surface area contributed by atoms with Crippen LogP contribution in [0.3, 0.4) is 0 Å². The highest BCUT2D eigenvalue weighted by molar-refractivity contribution is 6.08. The standard InChI is InChI=1S/C17H21N3O3/c1-11-14(12-6-4-5-7-13(12)19(11)3)15(21)20-8-9-23-17(2,10-20)16(18)22/h4-7H,8-10H2,1-3H3,(H2,18,22). The lowest BCUT2D eigenvalue weighted by molar-refractivity contribution is -0.150. The molecule has 6 nitrogen and oxygen atoms in total. The summed E-state index contributed by atoms with van der Waals surface area (Å²) >= 11 is 0. The van der Waals surface area contributed by atoms with E-state index in [1.165, 1.54) is 0 Å². The monoisotopic (exact) mass is 315 g/mol. The third kappa shape index (κ3) is 2.39. The summed E-state index contributed by atoms with van der Waals surface area (Å²) in [5.41, 5.74) is 6.89. The minimum atomic E-state index is -1.13. The first-order valence-electron chi connectivity index (χ1n) is 7.62. The molecule has 2 aromatic rings. The predicted molar refractivity (Wildman–Crippen MR) is 87.1 cm³/mol. The summed E-state index contributed by atoms with van der Waals surface area (Å²) in [5.74, 6) is -0.639. The van der Waals surface area contributed by atoms with E-state index in [4.69, 9.17) is 10.5 Å². The second-order valence-electron chi connectivity index (χ2n) is 6.21. The van der Waals surface area contributed by atoms with Gasteiger partial charge in [0.15, 0.2) is 5.60 Å². The van der Waals surface area contributed by atoms with Gasteiger partial charge in [-0.05, 0) is 19.9 Å². The normalized spacial score (nSPS) is 21.6. The maximum atomic E-state index is 13.1. The molecule has 3 rings (SSSR count). The number of aryl methyl sites for hydroxylation is 1. The van der Waals surface area contributed by atoms with Crippen LogP contribution in [0.4, 0.5) is 0 Å². The molecule has 0 spiro atoms. The van der Waals surface area contributed by atoms with E-state index in [1.54, 1.807) is 11.8 Å². The van der Waals surface area contributed by atoms with Crippen molar-refractivity contribution in [3.8, 4) is 0 Å².